The molecule has 2 fully saturated rings. The SMILES string of the molecule is CC1COC(CN)CN1C(=O)C1CCCCC1C(F)(F)F. The third-order valence-electron chi connectivity index (χ3n) is 4.56. The number of amides is 1. The molecule has 4 nitrogen and oxygen atoms in total. The maximum atomic E-state index is 13.1. The zero-order valence-electron chi connectivity index (χ0n) is 12.2. The fraction of sp³-hybridized carbons (Fsp3) is 0.929. The first-order valence-electron chi connectivity index (χ1n) is 7.53. The molecule has 2 aliphatic rings. The Morgan fingerprint density at radius 3 is 2.62 bits per heavy atom. The molecule has 1 saturated carbocycles. The number of carbonyl (C=O) groups excluding carboxylic acids is 1. The highest BCUT2D eigenvalue weighted by molar-refractivity contribution is 5.79. The fourth-order valence-electron chi connectivity index (χ4n) is 3.30. The average molecular weight is 308 g/mol. The van der Waals surface area contributed by atoms with Crippen molar-refractivity contribution in [3.8, 4) is 0 Å². The minimum absolute atomic E-state index is 0.0545. The molecule has 1 aliphatic heterocycles. The Kier molecular flexibility index (Phi) is 5.14. The van der Waals surface area contributed by atoms with Crippen molar-refractivity contribution in [1.82, 2.24) is 4.90 Å². The first kappa shape index (κ1) is 16.5. The molecule has 1 amide bonds. The minimum Gasteiger partial charge on any atom is -0.373 e. The maximum absolute atomic E-state index is 13.1. The zero-order chi connectivity index (χ0) is 15.6. The van der Waals surface area contributed by atoms with Crippen LogP contribution in [0, 0.1) is 11.8 Å². The van der Waals surface area contributed by atoms with E-state index >= 15 is 0 Å². The molecule has 0 radical (unpaired) electrons. The van der Waals surface area contributed by atoms with Gasteiger partial charge in [0.25, 0.3) is 0 Å². The van der Waals surface area contributed by atoms with E-state index in [-0.39, 0.29) is 37.6 Å². The first-order chi connectivity index (χ1) is 9.84. The lowest BCUT2D eigenvalue weighted by Crippen LogP contribution is -2.56. The molecule has 0 aromatic heterocycles. The van der Waals surface area contributed by atoms with Gasteiger partial charge in [0.15, 0.2) is 0 Å². The molecule has 0 aromatic carbocycles. The van der Waals surface area contributed by atoms with Crippen LogP contribution in [0.5, 0.6) is 0 Å². The fourth-order valence-corrected chi connectivity index (χ4v) is 3.30. The summed E-state index contributed by atoms with van der Waals surface area (Å²) >= 11 is 0. The highest BCUT2D eigenvalue weighted by Gasteiger charge is 2.49. The van der Waals surface area contributed by atoms with Gasteiger partial charge in [0.05, 0.1) is 24.7 Å². The van der Waals surface area contributed by atoms with Gasteiger partial charge in [0, 0.05) is 19.0 Å². The molecule has 7 heteroatoms. The summed E-state index contributed by atoms with van der Waals surface area (Å²) in [5.41, 5.74) is 5.54. The molecule has 1 aliphatic carbocycles. The number of nitrogens with zero attached hydrogens (tertiary/aromatic N) is 1. The second kappa shape index (κ2) is 6.52. The van der Waals surface area contributed by atoms with Crippen molar-refractivity contribution in [1.29, 1.82) is 0 Å². The Morgan fingerprint density at radius 2 is 2.00 bits per heavy atom. The van der Waals surface area contributed by atoms with Crippen LogP contribution in [-0.2, 0) is 9.53 Å². The number of carbonyl (C=O) groups is 1. The van der Waals surface area contributed by atoms with Crippen LogP contribution in [-0.4, -0.2) is 48.8 Å². The van der Waals surface area contributed by atoms with Crippen LogP contribution in [0.15, 0.2) is 0 Å². The molecular weight excluding hydrogens is 285 g/mol. The molecular formula is C14H23F3N2O2. The van der Waals surface area contributed by atoms with Crippen molar-refractivity contribution in [2.24, 2.45) is 17.6 Å². The van der Waals surface area contributed by atoms with Gasteiger partial charge in [-0.2, -0.15) is 13.2 Å². The van der Waals surface area contributed by atoms with Gasteiger partial charge >= 0.3 is 6.18 Å². The minimum atomic E-state index is -4.30. The van der Waals surface area contributed by atoms with Gasteiger partial charge in [0.2, 0.25) is 5.91 Å². The standard InChI is InChI=1S/C14H23F3N2O2/c1-9-8-21-10(6-18)7-19(9)13(20)11-4-2-3-5-12(11)14(15,16)17/h9-12H,2-8,18H2,1H3. The summed E-state index contributed by atoms with van der Waals surface area (Å²) in [7, 11) is 0. The summed E-state index contributed by atoms with van der Waals surface area (Å²) in [6, 6.07) is -0.198. The van der Waals surface area contributed by atoms with Gasteiger partial charge in [-0.1, -0.05) is 12.8 Å². The lowest BCUT2D eigenvalue weighted by atomic mass is 9.77. The number of halogens is 3. The van der Waals surface area contributed by atoms with Crippen molar-refractivity contribution in [2.45, 2.75) is 50.9 Å². The Hall–Kier alpha value is -0.820. The van der Waals surface area contributed by atoms with Crippen LogP contribution >= 0.6 is 0 Å². The number of hydrogen-bond acceptors (Lipinski definition) is 3. The lowest BCUT2D eigenvalue weighted by molar-refractivity contribution is -0.203. The summed E-state index contributed by atoms with van der Waals surface area (Å²) in [6.07, 6.45) is -2.98. The van der Waals surface area contributed by atoms with Gasteiger partial charge < -0.3 is 15.4 Å². The Bertz CT molecular complexity index is 376. The molecule has 122 valence electrons. The molecule has 2 rings (SSSR count). The molecule has 1 saturated heterocycles. The van der Waals surface area contributed by atoms with E-state index in [1.165, 1.54) is 4.90 Å². The molecule has 0 bridgehead atoms. The summed E-state index contributed by atoms with van der Waals surface area (Å²) in [5.74, 6) is -2.84. The van der Waals surface area contributed by atoms with E-state index in [1.54, 1.807) is 6.92 Å². The molecule has 4 atom stereocenters. The van der Waals surface area contributed by atoms with Crippen molar-refractivity contribution in [2.75, 3.05) is 19.7 Å². The average Bonchev–Trinajstić information content (AvgIpc) is 2.46. The summed E-state index contributed by atoms with van der Waals surface area (Å²) < 4.78 is 44.9. The monoisotopic (exact) mass is 308 g/mol. The zero-order valence-corrected chi connectivity index (χ0v) is 12.2. The van der Waals surface area contributed by atoms with Gasteiger partial charge in [-0.3, -0.25) is 4.79 Å². The van der Waals surface area contributed by atoms with E-state index in [0.717, 1.165) is 0 Å². The van der Waals surface area contributed by atoms with Crippen LogP contribution < -0.4 is 5.73 Å². The lowest BCUT2D eigenvalue weighted by Gasteiger charge is -2.42. The second-order valence-corrected chi connectivity index (χ2v) is 6.07. The topological polar surface area (TPSA) is 55.6 Å². The maximum Gasteiger partial charge on any atom is 0.392 e. The van der Waals surface area contributed by atoms with Crippen molar-refractivity contribution < 1.29 is 22.7 Å². The highest BCUT2D eigenvalue weighted by Crippen LogP contribution is 2.42. The number of hydrogen-bond donors (Lipinski definition) is 1. The normalized spacial score (nSPS) is 34.8. The van der Waals surface area contributed by atoms with Crippen LogP contribution in [0.4, 0.5) is 13.2 Å². The van der Waals surface area contributed by atoms with E-state index in [0.29, 0.717) is 25.9 Å². The molecule has 1 heterocycles. The Morgan fingerprint density at radius 1 is 1.33 bits per heavy atom. The predicted molar refractivity (Wildman–Crippen MR) is 71.5 cm³/mol. The predicted octanol–water partition coefficient (Wildman–Crippen LogP) is 1.93. The largest absolute Gasteiger partial charge is 0.392 e. The molecule has 2 N–H and O–H groups in total. The third-order valence-corrected chi connectivity index (χ3v) is 4.56. The van der Waals surface area contributed by atoms with Crippen molar-refractivity contribution >= 4 is 5.91 Å². The van der Waals surface area contributed by atoms with Crippen molar-refractivity contribution in [3.05, 3.63) is 0 Å². The van der Waals surface area contributed by atoms with E-state index in [1.807, 2.05) is 0 Å². The van der Waals surface area contributed by atoms with Crippen molar-refractivity contribution in [3.63, 3.8) is 0 Å². The van der Waals surface area contributed by atoms with E-state index in [9.17, 15) is 18.0 Å². The van der Waals surface area contributed by atoms with E-state index in [4.69, 9.17) is 10.5 Å². The smallest absolute Gasteiger partial charge is 0.373 e. The number of nitrogens with two attached hydrogens (primary N) is 1. The third kappa shape index (κ3) is 3.69. The Balaban J connectivity index is 2.12. The number of ether oxygens (including phenoxy) is 1. The quantitative estimate of drug-likeness (QED) is 0.848. The molecule has 0 spiro atoms. The highest BCUT2D eigenvalue weighted by atomic mass is 19.4. The second-order valence-electron chi connectivity index (χ2n) is 6.07. The van der Waals surface area contributed by atoms with Crippen LogP contribution in [0.3, 0.4) is 0 Å². The molecule has 21 heavy (non-hydrogen) atoms. The summed E-state index contributed by atoms with van der Waals surface area (Å²) in [4.78, 5) is 14.1. The van der Waals surface area contributed by atoms with Gasteiger partial charge in [-0.15, -0.1) is 0 Å². The Labute approximate surface area is 122 Å². The molecule has 4 unspecified atom stereocenters. The van der Waals surface area contributed by atoms with Gasteiger partial charge in [-0.05, 0) is 19.8 Å². The first-order valence-corrected chi connectivity index (χ1v) is 7.53. The van der Waals surface area contributed by atoms with E-state index in [2.05, 4.69) is 0 Å². The summed E-state index contributed by atoms with van der Waals surface area (Å²) in [5, 5.41) is 0. The van der Waals surface area contributed by atoms with Crippen LogP contribution in [0.1, 0.15) is 32.6 Å². The van der Waals surface area contributed by atoms with Gasteiger partial charge in [-0.25, -0.2) is 0 Å². The summed E-state index contributed by atoms with van der Waals surface area (Å²) in [6.45, 7) is 2.69. The van der Waals surface area contributed by atoms with Gasteiger partial charge in [0.1, 0.15) is 0 Å². The molecule has 0 aromatic rings. The number of alkyl halides is 3. The number of rotatable bonds is 2. The van der Waals surface area contributed by atoms with E-state index < -0.39 is 18.0 Å². The van der Waals surface area contributed by atoms with Crippen LogP contribution in [0.2, 0.25) is 0 Å². The van der Waals surface area contributed by atoms with Crippen LogP contribution in [0.25, 0.3) is 0 Å². The number of morpholine rings is 1.